The van der Waals surface area contributed by atoms with Gasteiger partial charge in [0.25, 0.3) is 0 Å². The summed E-state index contributed by atoms with van der Waals surface area (Å²) in [6.45, 7) is 4.11. The molecule has 0 bridgehead atoms. The monoisotopic (exact) mass is 312 g/mol. The van der Waals surface area contributed by atoms with Crippen LogP contribution < -0.4 is 5.32 Å². The zero-order chi connectivity index (χ0) is 12.3. The molecule has 6 heteroatoms. The summed E-state index contributed by atoms with van der Waals surface area (Å²) in [4.78, 5) is 13.0. The van der Waals surface area contributed by atoms with Crippen molar-refractivity contribution in [2.24, 2.45) is 0 Å². The van der Waals surface area contributed by atoms with E-state index in [0.717, 1.165) is 27.7 Å². The third kappa shape index (κ3) is 3.23. The fraction of sp³-hybridized carbons (Fsp3) is 0.364. The van der Waals surface area contributed by atoms with E-state index < -0.39 is 0 Å². The zero-order valence-electron chi connectivity index (χ0n) is 9.64. The van der Waals surface area contributed by atoms with Crippen molar-refractivity contribution in [2.75, 3.05) is 5.32 Å². The molecule has 4 nitrogen and oxygen atoms in total. The van der Waals surface area contributed by atoms with E-state index in [1.54, 1.807) is 11.3 Å². The summed E-state index contributed by atoms with van der Waals surface area (Å²) in [5.74, 6) is 1.65. The lowest BCUT2D eigenvalue weighted by atomic mass is 10.3. The molecule has 0 aliphatic heterocycles. The molecule has 0 aromatic carbocycles. The summed E-state index contributed by atoms with van der Waals surface area (Å²) < 4.78 is 0.804. The summed E-state index contributed by atoms with van der Waals surface area (Å²) in [6.07, 6.45) is 2.63. The van der Waals surface area contributed by atoms with E-state index >= 15 is 0 Å². The van der Waals surface area contributed by atoms with E-state index in [-0.39, 0.29) is 6.04 Å². The van der Waals surface area contributed by atoms with Crippen molar-refractivity contribution in [1.82, 2.24) is 15.0 Å². The van der Waals surface area contributed by atoms with Gasteiger partial charge in [0.15, 0.2) is 0 Å². The molecule has 2 aromatic rings. The maximum Gasteiger partial charge on any atom is 0.131 e. The number of thiazole rings is 1. The maximum atomic E-state index is 4.43. The van der Waals surface area contributed by atoms with Gasteiger partial charge in [-0.15, -0.1) is 11.3 Å². The Balaban J connectivity index is 2.15. The Morgan fingerprint density at radius 3 is 2.94 bits per heavy atom. The average molecular weight is 313 g/mol. The Hall–Kier alpha value is -1.01. The molecule has 0 spiro atoms. The molecule has 2 rings (SSSR count). The van der Waals surface area contributed by atoms with E-state index in [1.807, 2.05) is 24.6 Å². The largest absolute Gasteiger partial charge is 0.361 e. The van der Waals surface area contributed by atoms with E-state index in [1.165, 1.54) is 0 Å². The molecule has 1 unspecified atom stereocenters. The van der Waals surface area contributed by atoms with Crippen molar-refractivity contribution in [3.63, 3.8) is 0 Å². The van der Waals surface area contributed by atoms with Crippen LogP contribution in [0.1, 0.15) is 30.7 Å². The lowest BCUT2D eigenvalue weighted by Crippen LogP contribution is -2.09. The van der Waals surface area contributed by atoms with Crippen molar-refractivity contribution in [1.29, 1.82) is 0 Å². The summed E-state index contributed by atoms with van der Waals surface area (Å²) in [6, 6.07) is 2.03. The molecule has 1 atom stereocenters. The van der Waals surface area contributed by atoms with Crippen LogP contribution in [0.3, 0.4) is 0 Å². The minimum Gasteiger partial charge on any atom is -0.361 e. The second kappa shape index (κ2) is 5.55. The first-order valence-electron chi connectivity index (χ1n) is 5.38. The Bertz CT molecular complexity index is 486. The van der Waals surface area contributed by atoms with Crippen LogP contribution in [-0.2, 0) is 6.42 Å². The highest BCUT2D eigenvalue weighted by Crippen LogP contribution is 2.21. The quantitative estimate of drug-likeness (QED) is 0.879. The third-order valence-electron chi connectivity index (χ3n) is 2.24. The third-order valence-corrected chi connectivity index (χ3v) is 3.61. The van der Waals surface area contributed by atoms with Crippen molar-refractivity contribution in [2.45, 2.75) is 26.3 Å². The van der Waals surface area contributed by atoms with Crippen LogP contribution in [0.4, 0.5) is 5.82 Å². The highest BCUT2D eigenvalue weighted by atomic mass is 79.9. The first-order chi connectivity index (χ1) is 8.19. The van der Waals surface area contributed by atoms with Crippen molar-refractivity contribution in [3.05, 3.63) is 33.1 Å². The average Bonchev–Trinajstić information content (AvgIpc) is 2.81. The minimum absolute atomic E-state index is 0.154. The van der Waals surface area contributed by atoms with Gasteiger partial charge >= 0.3 is 0 Å². The van der Waals surface area contributed by atoms with E-state index in [0.29, 0.717) is 0 Å². The van der Waals surface area contributed by atoms with Gasteiger partial charge < -0.3 is 5.32 Å². The van der Waals surface area contributed by atoms with E-state index in [2.05, 4.69) is 43.1 Å². The second-order valence-corrected chi connectivity index (χ2v) is 5.32. The fourth-order valence-electron chi connectivity index (χ4n) is 1.43. The van der Waals surface area contributed by atoms with Gasteiger partial charge in [0.2, 0.25) is 0 Å². The highest BCUT2D eigenvalue weighted by molar-refractivity contribution is 9.10. The van der Waals surface area contributed by atoms with Gasteiger partial charge in [-0.05, 0) is 22.9 Å². The number of hydrogen-bond acceptors (Lipinski definition) is 5. The van der Waals surface area contributed by atoms with Crippen molar-refractivity contribution < 1.29 is 0 Å². The molecular weight excluding hydrogens is 300 g/mol. The van der Waals surface area contributed by atoms with Crippen LogP contribution in [0.2, 0.25) is 0 Å². The summed E-state index contributed by atoms with van der Waals surface area (Å²) in [7, 11) is 0. The molecule has 1 N–H and O–H groups in total. The molecule has 2 heterocycles. The van der Waals surface area contributed by atoms with Crippen LogP contribution in [0.5, 0.6) is 0 Å². The number of hydrogen-bond donors (Lipinski definition) is 1. The SMILES string of the molecule is CCc1nc(Br)cc(NC(C)c2nccs2)n1. The van der Waals surface area contributed by atoms with Gasteiger partial charge in [0, 0.05) is 24.1 Å². The molecule has 0 radical (unpaired) electrons. The first-order valence-corrected chi connectivity index (χ1v) is 7.05. The van der Waals surface area contributed by atoms with Crippen molar-refractivity contribution in [3.8, 4) is 0 Å². The number of nitrogens with one attached hydrogen (secondary N) is 1. The Morgan fingerprint density at radius 2 is 2.29 bits per heavy atom. The molecule has 0 saturated heterocycles. The molecule has 90 valence electrons. The van der Waals surface area contributed by atoms with E-state index in [9.17, 15) is 0 Å². The Morgan fingerprint density at radius 1 is 1.47 bits per heavy atom. The van der Waals surface area contributed by atoms with Crippen LogP contribution in [0.15, 0.2) is 22.2 Å². The Labute approximate surface area is 113 Å². The Kier molecular flexibility index (Phi) is 4.06. The predicted molar refractivity (Wildman–Crippen MR) is 73.3 cm³/mol. The van der Waals surface area contributed by atoms with Crippen LogP contribution in [0, 0.1) is 0 Å². The van der Waals surface area contributed by atoms with Gasteiger partial charge in [-0.3, -0.25) is 0 Å². The molecule has 0 aliphatic carbocycles. The highest BCUT2D eigenvalue weighted by Gasteiger charge is 2.09. The fourth-order valence-corrected chi connectivity index (χ4v) is 2.50. The maximum absolute atomic E-state index is 4.43. The standard InChI is InChI=1S/C11H13BrN4S/c1-3-9-15-8(12)6-10(16-9)14-7(2)11-13-4-5-17-11/h4-7H,3H2,1-2H3,(H,14,15,16). The topological polar surface area (TPSA) is 50.7 Å². The molecular formula is C11H13BrN4S. The number of aromatic nitrogens is 3. The number of rotatable bonds is 4. The number of aryl methyl sites for hydroxylation is 1. The van der Waals surface area contributed by atoms with Crippen LogP contribution in [0.25, 0.3) is 0 Å². The number of nitrogens with zero attached hydrogens (tertiary/aromatic N) is 3. The summed E-state index contributed by atoms with van der Waals surface area (Å²) >= 11 is 5.02. The number of anilines is 1. The zero-order valence-corrected chi connectivity index (χ0v) is 12.0. The lowest BCUT2D eigenvalue weighted by molar-refractivity contribution is 0.844. The van der Waals surface area contributed by atoms with Gasteiger partial charge in [-0.2, -0.15) is 0 Å². The predicted octanol–water partition coefficient (Wildman–Crippen LogP) is 3.43. The smallest absolute Gasteiger partial charge is 0.131 e. The number of halogens is 1. The second-order valence-electron chi connectivity index (χ2n) is 3.58. The minimum atomic E-state index is 0.154. The van der Waals surface area contributed by atoms with Gasteiger partial charge in [0.1, 0.15) is 21.3 Å². The van der Waals surface area contributed by atoms with Crippen molar-refractivity contribution >= 4 is 33.1 Å². The van der Waals surface area contributed by atoms with Gasteiger partial charge in [-0.25, -0.2) is 15.0 Å². The summed E-state index contributed by atoms with van der Waals surface area (Å²) in [5.41, 5.74) is 0. The van der Waals surface area contributed by atoms with Crippen LogP contribution in [-0.4, -0.2) is 15.0 Å². The molecule has 0 amide bonds. The molecule has 0 aliphatic rings. The molecule has 0 saturated carbocycles. The van der Waals surface area contributed by atoms with E-state index in [4.69, 9.17) is 0 Å². The van der Waals surface area contributed by atoms with Gasteiger partial charge in [0.05, 0.1) is 6.04 Å². The van der Waals surface area contributed by atoms with Gasteiger partial charge in [-0.1, -0.05) is 6.92 Å². The molecule has 2 aromatic heterocycles. The van der Waals surface area contributed by atoms with Crippen LogP contribution >= 0.6 is 27.3 Å². The first kappa shape index (κ1) is 12.4. The normalized spacial score (nSPS) is 12.4. The lowest BCUT2D eigenvalue weighted by Gasteiger charge is -2.12. The molecule has 17 heavy (non-hydrogen) atoms. The summed E-state index contributed by atoms with van der Waals surface area (Å²) in [5, 5.41) is 6.35. The molecule has 0 fully saturated rings.